The first-order chi connectivity index (χ1) is 11.3. The Morgan fingerprint density at radius 1 is 1.25 bits per heavy atom. The standard InChI is InChI=1S/C17H22O7/c1-8-13(18)14(19)15(20)17(23,24-8)12-4-2-3-9-5-6-10(16(21)22)7-11(9)12/h5-8,12-15,18-20,23H,2-4H2,1H3,(H,21,22)/t8-,12+,13+,14+,15-,17+/m0/s1. The number of aliphatic hydroxyl groups excluding tert-OH is 3. The van der Waals surface area contributed by atoms with Gasteiger partial charge >= 0.3 is 5.97 Å². The van der Waals surface area contributed by atoms with Gasteiger partial charge in [0.25, 0.3) is 0 Å². The fourth-order valence-electron chi connectivity index (χ4n) is 3.80. The average Bonchev–Trinajstić information content (AvgIpc) is 2.57. The van der Waals surface area contributed by atoms with E-state index in [2.05, 4.69) is 0 Å². The summed E-state index contributed by atoms with van der Waals surface area (Å²) in [5.41, 5.74) is 1.57. The van der Waals surface area contributed by atoms with Crippen molar-refractivity contribution in [2.75, 3.05) is 0 Å². The number of hydrogen-bond donors (Lipinski definition) is 5. The molecule has 132 valence electrons. The third kappa shape index (κ3) is 2.62. The molecular weight excluding hydrogens is 316 g/mol. The summed E-state index contributed by atoms with van der Waals surface area (Å²) in [5, 5.41) is 50.4. The maximum atomic E-state index is 11.2. The molecule has 6 atom stereocenters. The largest absolute Gasteiger partial charge is 0.478 e. The number of ether oxygens (including phenoxy) is 1. The predicted molar refractivity (Wildman–Crippen MR) is 82.6 cm³/mol. The molecule has 0 amide bonds. The quantitative estimate of drug-likeness (QED) is 0.513. The van der Waals surface area contributed by atoms with Gasteiger partial charge in [-0.3, -0.25) is 0 Å². The molecule has 1 heterocycles. The van der Waals surface area contributed by atoms with E-state index in [-0.39, 0.29) is 5.56 Å². The van der Waals surface area contributed by atoms with Crippen LogP contribution in [0.15, 0.2) is 18.2 Å². The van der Waals surface area contributed by atoms with E-state index in [1.807, 2.05) is 0 Å². The molecule has 1 aromatic carbocycles. The molecule has 0 radical (unpaired) electrons. The first kappa shape index (κ1) is 17.3. The fraction of sp³-hybridized carbons (Fsp3) is 0.588. The zero-order chi connectivity index (χ0) is 17.6. The number of carboxylic acid groups (broad SMARTS) is 1. The van der Waals surface area contributed by atoms with Gasteiger partial charge in [0.05, 0.1) is 11.7 Å². The second-order valence-corrected chi connectivity index (χ2v) is 6.66. The molecule has 7 nitrogen and oxygen atoms in total. The van der Waals surface area contributed by atoms with E-state index in [0.29, 0.717) is 12.0 Å². The average molecular weight is 338 g/mol. The van der Waals surface area contributed by atoms with Crippen LogP contribution in [-0.2, 0) is 11.2 Å². The van der Waals surface area contributed by atoms with Gasteiger partial charge in [-0.1, -0.05) is 6.07 Å². The number of carbonyl (C=O) groups is 1. The molecule has 24 heavy (non-hydrogen) atoms. The molecule has 1 aliphatic heterocycles. The van der Waals surface area contributed by atoms with Gasteiger partial charge in [0.2, 0.25) is 5.79 Å². The monoisotopic (exact) mass is 338 g/mol. The lowest BCUT2D eigenvalue weighted by Gasteiger charge is -2.49. The second-order valence-electron chi connectivity index (χ2n) is 6.66. The van der Waals surface area contributed by atoms with Crippen molar-refractivity contribution < 1.29 is 35.1 Å². The lowest BCUT2D eigenvalue weighted by atomic mass is 9.73. The minimum atomic E-state index is -2.09. The minimum Gasteiger partial charge on any atom is -0.478 e. The molecule has 3 rings (SSSR count). The van der Waals surface area contributed by atoms with E-state index in [9.17, 15) is 30.3 Å². The molecule has 2 aliphatic rings. The molecule has 1 aromatic rings. The van der Waals surface area contributed by atoms with Crippen molar-refractivity contribution in [3.8, 4) is 0 Å². The van der Waals surface area contributed by atoms with Gasteiger partial charge in [0, 0.05) is 5.92 Å². The Morgan fingerprint density at radius 3 is 2.62 bits per heavy atom. The summed E-state index contributed by atoms with van der Waals surface area (Å²) in [6.07, 6.45) is -3.50. The van der Waals surface area contributed by atoms with E-state index < -0.39 is 42.1 Å². The SMILES string of the molecule is C[C@@H]1O[C@](O)([C@@H]2CCCc3ccc(C(=O)O)cc32)[C@@H](O)[C@H](O)[C@@H]1O. The number of carboxylic acids is 1. The van der Waals surface area contributed by atoms with Crippen LogP contribution in [0, 0.1) is 0 Å². The highest BCUT2D eigenvalue weighted by Crippen LogP contribution is 2.45. The van der Waals surface area contributed by atoms with Gasteiger partial charge in [0.1, 0.15) is 18.3 Å². The number of aliphatic hydroxyl groups is 4. The molecule has 0 aromatic heterocycles. The number of fused-ring (bicyclic) bond motifs is 1. The van der Waals surface area contributed by atoms with E-state index in [1.54, 1.807) is 6.07 Å². The highest BCUT2D eigenvalue weighted by Gasteiger charge is 2.56. The van der Waals surface area contributed by atoms with Crippen molar-refractivity contribution in [1.29, 1.82) is 0 Å². The molecule has 0 bridgehead atoms. The molecule has 1 saturated heterocycles. The van der Waals surface area contributed by atoms with Crippen LogP contribution in [0.1, 0.15) is 47.2 Å². The maximum Gasteiger partial charge on any atom is 0.335 e. The Bertz CT molecular complexity index is 646. The van der Waals surface area contributed by atoms with Crippen LogP contribution in [-0.4, -0.2) is 61.7 Å². The maximum absolute atomic E-state index is 11.2. The molecule has 5 N–H and O–H groups in total. The topological polar surface area (TPSA) is 127 Å². The van der Waals surface area contributed by atoms with Crippen molar-refractivity contribution in [2.24, 2.45) is 0 Å². The summed E-state index contributed by atoms with van der Waals surface area (Å²) in [7, 11) is 0. The normalized spacial score (nSPS) is 39.3. The van der Waals surface area contributed by atoms with E-state index in [1.165, 1.54) is 19.1 Å². The van der Waals surface area contributed by atoms with Crippen molar-refractivity contribution in [3.63, 3.8) is 0 Å². The van der Waals surface area contributed by atoms with Gasteiger partial charge in [-0.15, -0.1) is 0 Å². The molecular formula is C17H22O7. The Balaban J connectivity index is 2.04. The fourth-order valence-corrected chi connectivity index (χ4v) is 3.80. The summed E-state index contributed by atoms with van der Waals surface area (Å²) in [6, 6.07) is 4.70. The number of rotatable bonds is 2. The molecule has 0 spiro atoms. The Morgan fingerprint density at radius 2 is 1.96 bits per heavy atom. The minimum absolute atomic E-state index is 0.0863. The highest BCUT2D eigenvalue weighted by molar-refractivity contribution is 5.88. The van der Waals surface area contributed by atoms with Crippen LogP contribution in [0.5, 0.6) is 0 Å². The van der Waals surface area contributed by atoms with Crippen molar-refractivity contribution in [1.82, 2.24) is 0 Å². The first-order valence-electron chi connectivity index (χ1n) is 8.06. The van der Waals surface area contributed by atoms with Gasteiger partial charge < -0.3 is 30.3 Å². The summed E-state index contributed by atoms with van der Waals surface area (Å²) < 4.78 is 5.51. The molecule has 7 heteroatoms. The van der Waals surface area contributed by atoms with Crippen molar-refractivity contribution in [3.05, 3.63) is 34.9 Å². The molecule has 0 unspecified atom stereocenters. The summed E-state index contributed by atoms with van der Waals surface area (Å²) >= 11 is 0. The van der Waals surface area contributed by atoms with Crippen molar-refractivity contribution >= 4 is 5.97 Å². The predicted octanol–water partition coefficient (Wildman–Crippen LogP) is -0.00530. The summed E-state index contributed by atoms with van der Waals surface area (Å²) in [5.74, 6) is -3.87. The Labute approximate surface area is 139 Å². The number of hydrogen-bond acceptors (Lipinski definition) is 6. The summed E-state index contributed by atoms with van der Waals surface area (Å²) in [4.78, 5) is 11.2. The third-order valence-corrected chi connectivity index (χ3v) is 5.16. The van der Waals surface area contributed by atoms with Crippen LogP contribution in [0.3, 0.4) is 0 Å². The first-order valence-corrected chi connectivity index (χ1v) is 8.06. The summed E-state index contributed by atoms with van der Waals surface area (Å²) in [6.45, 7) is 1.50. The molecule has 0 saturated carbocycles. The Kier molecular flexibility index (Phi) is 4.39. The number of aromatic carboxylic acids is 1. The van der Waals surface area contributed by atoms with Crippen molar-refractivity contribution in [2.45, 2.75) is 62.3 Å². The van der Waals surface area contributed by atoms with Gasteiger partial charge in [-0.2, -0.15) is 0 Å². The van der Waals surface area contributed by atoms with Crippen LogP contribution in [0.2, 0.25) is 0 Å². The van der Waals surface area contributed by atoms with Crippen LogP contribution in [0.25, 0.3) is 0 Å². The number of benzene rings is 1. The second kappa shape index (κ2) is 6.09. The van der Waals surface area contributed by atoms with Crippen LogP contribution < -0.4 is 0 Å². The zero-order valence-electron chi connectivity index (χ0n) is 13.3. The van der Waals surface area contributed by atoms with E-state index in [4.69, 9.17) is 4.74 Å². The highest BCUT2D eigenvalue weighted by atomic mass is 16.7. The van der Waals surface area contributed by atoms with E-state index >= 15 is 0 Å². The van der Waals surface area contributed by atoms with Crippen LogP contribution >= 0.6 is 0 Å². The van der Waals surface area contributed by atoms with Gasteiger partial charge in [-0.05, 0) is 49.4 Å². The lowest BCUT2D eigenvalue weighted by Crippen LogP contribution is -2.66. The molecule has 1 aliphatic carbocycles. The Hall–Kier alpha value is -1.51. The van der Waals surface area contributed by atoms with Gasteiger partial charge in [0.15, 0.2) is 0 Å². The lowest BCUT2D eigenvalue weighted by molar-refractivity contribution is -0.352. The smallest absolute Gasteiger partial charge is 0.335 e. The van der Waals surface area contributed by atoms with Gasteiger partial charge in [-0.25, -0.2) is 4.79 Å². The zero-order valence-corrected chi connectivity index (χ0v) is 13.3. The number of aryl methyl sites for hydroxylation is 1. The van der Waals surface area contributed by atoms with E-state index in [0.717, 1.165) is 18.4 Å². The van der Waals surface area contributed by atoms with Crippen LogP contribution in [0.4, 0.5) is 0 Å². The molecule has 1 fully saturated rings. The third-order valence-electron chi connectivity index (χ3n) is 5.16.